The smallest absolute Gasteiger partial charge is 0.304 e. The molecule has 0 saturated heterocycles. The molecule has 0 heterocycles. The molecular weight excluding hydrogens is 280 g/mol. The third-order valence-electron chi connectivity index (χ3n) is 4.35. The molecule has 0 bridgehead atoms. The molecule has 0 aromatic rings. The van der Waals surface area contributed by atoms with E-state index in [9.17, 15) is 4.79 Å². The maximum absolute atomic E-state index is 10.4. The van der Waals surface area contributed by atoms with Crippen molar-refractivity contribution in [1.82, 2.24) is 0 Å². The zero-order chi connectivity index (χ0) is 16.1. The summed E-state index contributed by atoms with van der Waals surface area (Å²) < 4.78 is 0. The van der Waals surface area contributed by atoms with Crippen molar-refractivity contribution in [2.24, 2.45) is 17.8 Å². The molecule has 0 aromatic heterocycles. The highest BCUT2D eigenvalue weighted by molar-refractivity contribution is 7.99. The molecule has 0 aliphatic heterocycles. The lowest BCUT2D eigenvalue weighted by molar-refractivity contribution is -0.136. The van der Waals surface area contributed by atoms with Gasteiger partial charge in [-0.05, 0) is 29.9 Å². The maximum Gasteiger partial charge on any atom is 0.304 e. The van der Waals surface area contributed by atoms with Gasteiger partial charge in [0.1, 0.15) is 0 Å². The third-order valence-corrected chi connectivity index (χ3v) is 5.64. The van der Waals surface area contributed by atoms with Crippen LogP contribution in [0.25, 0.3) is 0 Å². The van der Waals surface area contributed by atoms with Crippen molar-refractivity contribution < 1.29 is 9.90 Å². The minimum atomic E-state index is -0.679. The van der Waals surface area contributed by atoms with Gasteiger partial charge in [0.15, 0.2) is 0 Å². The summed E-state index contributed by atoms with van der Waals surface area (Å²) in [6.07, 6.45) is 9.72. The minimum absolute atomic E-state index is 0.296. The second kappa shape index (κ2) is 13.5. The molecule has 0 saturated carbocycles. The van der Waals surface area contributed by atoms with Crippen molar-refractivity contribution in [1.29, 1.82) is 0 Å². The average molecular weight is 317 g/mol. The van der Waals surface area contributed by atoms with Gasteiger partial charge >= 0.3 is 5.97 Å². The first-order valence-electron chi connectivity index (χ1n) is 8.75. The molecular formula is C18H36O2S. The predicted molar refractivity (Wildman–Crippen MR) is 95.1 cm³/mol. The Labute approximate surface area is 136 Å². The molecule has 3 atom stereocenters. The van der Waals surface area contributed by atoms with Gasteiger partial charge in [0.25, 0.3) is 0 Å². The molecule has 2 nitrogen and oxygen atoms in total. The fourth-order valence-corrected chi connectivity index (χ4v) is 3.56. The van der Waals surface area contributed by atoms with Crippen molar-refractivity contribution in [2.75, 3.05) is 11.5 Å². The summed E-state index contributed by atoms with van der Waals surface area (Å²) in [6, 6.07) is 0. The summed E-state index contributed by atoms with van der Waals surface area (Å²) in [5.41, 5.74) is 0. The molecule has 3 heteroatoms. The fraction of sp³-hybridized carbons (Fsp3) is 0.944. The number of carboxylic acids is 1. The lowest BCUT2D eigenvalue weighted by Gasteiger charge is -2.15. The number of aliphatic carboxylic acids is 1. The van der Waals surface area contributed by atoms with Crippen LogP contribution in [0.1, 0.15) is 79.1 Å². The molecule has 0 aliphatic rings. The number of hydrogen-bond acceptors (Lipinski definition) is 2. The second-order valence-corrected chi connectivity index (χ2v) is 7.95. The Bertz CT molecular complexity index is 256. The summed E-state index contributed by atoms with van der Waals surface area (Å²) in [5.74, 6) is 3.65. The van der Waals surface area contributed by atoms with Crippen LogP contribution in [0.5, 0.6) is 0 Å². The Hall–Kier alpha value is -0.180. The average Bonchev–Trinajstić information content (AvgIpc) is 2.43. The zero-order valence-corrected chi connectivity index (χ0v) is 15.4. The van der Waals surface area contributed by atoms with Crippen LogP contribution in [0.4, 0.5) is 0 Å². The van der Waals surface area contributed by atoms with Gasteiger partial charge in [0, 0.05) is 5.75 Å². The lowest BCUT2D eigenvalue weighted by Crippen LogP contribution is -2.03. The van der Waals surface area contributed by atoms with E-state index < -0.39 is 5.97 Å². The van der Waals surface area contributed by atoms with Crippen LogP contribution in [0.15, 0.2) is 0 Å². The van der Waals surface area contributed by atoms with Gasteiger partial charge in [-0.15, -0.1) is 0 Å². The molecule has 21 heavy (non-hydrogen) atoms. The number of carboxylic acid groups (broad SMARTS) is 1. The van der Waals surface area contributed by atoms with Crippen molar-refractivity contribution in [3.63, 3.8) is 0 Å². The van der Waals surface area contributed by atoms with Crippen molar-refractivity contribution in [3.8, 4) is 0 Å². The van der Waals surface area contributed by atoms with E-state index in [4.69, 9.17) is 5.11 Å². The summed E-state index contributed by atoms with van der Waals surface area (Å²) in [5, 5.41) is 8.59. The molecule has 0 radical (unpaired) electrons. The van der Waals surface area contributed by atoms with Crippen LogP contribution in [-0.2, 0) is 4.79 Å². The topological polar surface area (TPSA) is 37.3 Å². The van der Waals surface area contributed by atoms with Crippen LogP contribution in [0, 0.1) is 17.8 Å². The molecule has 0 fully saturated rings. The SMILES string of the molecule is CCC(C)CCCC(C)CCCC(C)CSCCC(=O)O. The van der Waals surface area contributed by atoms with Gasteiger partial charge in [-0.25, -0.2) is 0 Å². The number of rotatable bonds is 14. The summed E-state index contributed by atoms with van der Waals surface area (Å²) in [7, 11) is 0. The molecule has 0 aliphatic carbocycles. The number of hydrogen-bond donors (Lipinski definition) is 1. The van der Waals surface area contributed by atoms with Crippen LogP contribution in [0.3, 0.4) is 0 Å². The third kappa shape index (κ3) is 14.5. The van der Waals surface area contributed by atoms with Gasteiger partial charge in [0.2, 0.25) is 0 Å². The number of thioether (sulfide) groups is 1. The quantitative estimate of drug-likeness (QED) is 0.408. The van der Waals surface area contributed by atoms with E-state index in [0.29, 0.717) is 6.42 Å². The summed E-state index contributed by atoms with van der Waals surface area (Å²) in [6.45, 7) is 9.32. The number of carbonyl (C=O) groups is 1. The van der Waals surface area contributed by atoms with Crippen molar-refractivity contribution >= 4 is 17.7 Å². The van der Waals surface area contributed by atoms with Crippen LogP contribution < -0.4 is 0 Å². The van der Waals surface area contributed by atoms with Gasteiger partial charge in [-0.1, -0.05) is 66.2 Å². The van der Waals surface area contributed by atoms with E-state index >= 15 is 0 Å². The van der Waals surface area contributed by atoms with E-state index in [0.717, 1.165) is 29.3 Å². The summed E-state index contributed by atoms with van der Waals surface area (Å²) in [4.78, 5) is 10.4. The molecule has 0 aromatic carbocycles. The molecule has 0 amide bonds. The highest BCUT2D eigenvalue weighted by Gasteiger charge is 2.07. The van der Waals surface area contributed by atoms with Gasteiger partial charge in [-0.3, -0.25) is 4.79 Å². The maximum atomic E-state index is 10.4. The fourth-order valence-electron chi connectivity index (χ4n) is 2.51. The Morgan fingerprint density at radius 1 is 0.952 bits per heavy atom. The van der Waals surface area contributed by atoms with Gasteiger partial charge in [-0.2, -0.15) is 11.8 Å². The Morgan fingerprint density at radius 3 is 2.00 bits per heavy atom. The Kier molecular flexibility index (Phi) is 13.4. The van der Waals surface area contributed by atoms with Crippen molar-refractivity contribution in [3.05, 3.63) is 0 Å². The van der Waals surface area contributed by atoms with Crippen molar-refractivity contribution in [2.45, 2.75) is 79.1 Å². The largest absolute Gasteiger partial charge is 0.481 e. The standard InChI is InChI=1S/C18H36O2S/c1-5-15(2)8-6-9-16(3)10-7-11-17(4)14-21-13-12-18(19)20/h15-17H,5-14H2,1-4H3,(H,19,20). The van der Waals surface area contributed by atoms with Gasteiger partial charge < -0.3 is 5.11 Å². The molecule has 0 spiro atoms. The van der Waals surface area contributed by atoms with E-state index in [1.54, 1.807) is 11.8 Å². The molecule has 126 valence electrons. The first-order valence-corrected chi connectivity index (χ1v) is 9.90. The second-order valence-electron chi connectivity index (χ2n) is 6.80. The van der Waals surface area contributed by atoms with Gasteiger partial charge in [0.05, 0.1) is 6.42 Å². The van der Waals surface area contributed by atoms with Crippen LogP contribution in [-0.4, -0.2) is 22.6 Å². The van der Waals surface area contributed by atoms with E-state index in [1.165, 1.54) is 44.9 Å². The molecule has 0 rings (SSSR count). The predicted octanol–water partition coefficient (Wildman–Crippen LogP) is 5.85. The van der Waals surface area contributed by atoms with E-state index in [-0.39, 0.29) is 0 Å². The highest BCUT2D eigenvalue weighted by Crippen LogP contribution is 2.21. The lowest BCUT2D eigenvalue weighted by atomic mass is 9.93. The normalized spacial score (nSPS) is 15.6. The minimum Gasteiger partial charge on any atom is -0.481 e. The van der Waals surface area contributed by atoms with E-state index in [2.05, 4.69) is 27.7 Å². The monoisotopic (exact) mass is 316 g/mol. The first kappa shape index (κ1) is 20.8. The summed E-state index contributed by atoms with van der Waals surface area (Å²) >= 11 is 1.79. The molecule has 3 unspecified atom stereocenters. The van der Waals surface area contributed by atoms with Crippen LogP contribution >= 0.6 is 11.8 Å². The zero-order valence-electron chi connectivity index (χ0n) is 14.6. The van der Waals surface area contributed by atoms with Crippen LogP contribution in [0.2, 0.25) is 0 Å². The highest BCUT2D eigenvalue weighted by atomic mass is 32.2. The Morgan fingerprint density at radius 2 is 1.48 bits per heavy atom. The Balaban J connectivity index is 3.44. The first-order chi connectivity index (χ1) is 9.95. The molecule has 1 N–H and O–H groups in total. The van der Waals surface area contributed by atoms with E-state index in [1.807, 2.05) is 0 Å².